The van der Waals surface area contributed by atoms with Crippen molar-refractivity contribution in [3.8, 4) is 0 Å². The Labute approximate surface area is 166 Å². The molecule has 2 rings (SSSR count). The van der Waals surface area contributed by atoms with Gasteiger partial charge in [0.1, 0.15) is 0 Å². The Balaban J connectivity index is 2.22. The Morgan fingerprint density at radius 3 is 2.39 bits per heavy atom. The predicted molar refractivity (Wildman–Crippen MR) is 94.2 cm³/mol. The van der Waals surface area contributed by atoms with Crippen LogP contribution in [-0.4, -0.2) is 37.7 Å². The highest BCUT2D eigenvalue weighted by Crippen LogP contribution is 2.32. The van der Waals surface area contributed by atoms with Crippen LogP contribution in [0.3, 0.4) is 0 Å². The Bertz CT molecular complexity index is 947. The molecule has 11 heteroatoms. The average molecular weight is 438 g/mol. The van der Waals surface area contributed by atoms with E-state index in [0.717, 1.165) is 0 Å². The summed E-state index contributed by atoms with van der Waals surface area (Å²) in [6.45, 7) is -0.755. The molecule has 0 aromatic heterocycles. The smallest absolute Gasteiger partial charge is 0.465 e. The highest BCUT2D eigenvalue weighted by Gasteiger charge is 2.42. The third-order valence-corrected chi connectivity index (χ3v) is 4.01. The number of esters is 3. The lowest BCUT2D eigenvalue weighted by molar-refractivity contribution is -0.201. The van der Waals surface area contributed by atoms with Crippen molar-refractivity contribution >= 4 is 51.9 Å². The molecule has 150 valence electrons. The van der Waals surface area contributed by atoms with Crippen LogP contribution in [0.5, 0.6) is 0 Å². The molecule has 0 heterocycles. The van der Waals surface area contributed by atoms with E-state index in [0.29, 0.717) is 21.4 Å². The third kappa shape index (κ3) is 5.34. The normalized spacial score (nSPS) is 11.4. The van der Waals surface area contributed by atoms with Crippen LogP contribution < -0.4 is 5.32 Å². The van der Waals surface area contributed by atoms with Gasteiger partial charge in [0.15, 0.2) is 0 Å². The number of hydrogen-bond acceptors (Lipinski definition) is 6. The average Bonchev–Trinajstić information content (AvgIpc) is 2.59. The van der Waals surface area contributed by atoms with Crippen molar-refractivity contribution in [2.24, 2.45) is 0 Å². The van der Waals surface area contributed by atoms with Crippen molar-refractivity contribution in [3.63, 3.8) is 0 Å². The van der Waals surface area contributed by atoms with Crippen molar-refractivity contribution in [2.45, 2.75) is 12.7 Å². The summed E-state index contributed by atoms with van der Waals surface area (Å²) in [6, 6.07) is 6.00. The molecule has 0 amide bonds. The van der Waals surface area contributed by atoms with Crippen LogP contribution in [-0.2, 0) is 25.6 Å². The lowest BCUT2D eigenvalue weighted by Gasteiger charge is -2.12. The minimum absolute atomic E-state index is 0.0714. The van der Waals surface area contributed by atoms with E-state index in [1.807, 2.05) is 0 Å². The van der Waals surface area contributed by atoms with Gasteiger partial charge >= 0.3 is 24.1 Å². The first kappa shape index (κ1) is 21.9. The quantitative estimate of drug-likeness (QED) is 0.567. The topological polar surface area (TPSA) is 81.7 Å². The molecule has 0 aliphatic heterocycles. The van der Waals surface area contributed by atoms with Crippen LogP contribution in [0.4, 0.5) is 13.2 Å². The Morgan fingerprint density at radius 2 is 1.79 bits per heavy atom. The van der Waals surface area contributed by atoms with Gasteiger partial charge in [-0.25, -0.2) is 9.59 Å². The van der Waals surface area contributed by atoms with Crippen molar-refractivity contribution in [2.75, 3.05) is 13.7 Å². The van der Waals surface area contributed by atoms with Gasteiger partial charge in [0.05, 0.1) is 24.2 Å². The largest absolute Gasteiger partial charge is 0.491 e. The summed E-state index contributed by atoms with van der Waals surface area (Å²) >= 11 is 12.2. The molecule has 0 bridgehead atoms. The fraction of sp³-hybridized carbons (Fsp3) is 0.235. The zero-order valence-corrected chi connectivity index (χ0v) is 15.7. The lowest BCUT2D eigenvalue weighted by atomic mass is 10.0. The van der Waals surface area contributed by atoms with E-state index < -0.39 is 30.6 Å². The van der Waals surface area contributed by atoms with E-state index >= 15 is 0 Å². The first-order valence-corrected chi connectivity index (χ1v) is 8.31. The molecule has 2 aromatic carbocycles. The molecule has 0 atom stereocenters. The van der Waals surface area contributed by atoms with Crippen LogP contribution in [0, 0.1) is 0 Å². The monoisotopic (exact) mass is 437 g/mol. The predicted octanol–water partition coefficient (Wildman–Crippen LogP) is 3.65. The molecule has 0 fully saturated rings. The number of halogens is 5. The van der Waals surface area contributed by atoms with E-state index in [1.165, 1.54) is 25.3 Å². The highest BCUT2D eigenvalue weighted by molar-refractivity contribution is 6.39. The third-order valence-electron chi connectivity index (χ3n) is 3.49. The molecule has 0 unspecified atom stereocenters. The van der Waals surface area contributed by atoms with Crippen molar-refractivity contribution in [1.29, 1.82) is 0 Å². The summed E-state index contributed by atoms with van der Waals surface area (Å²) in [5, 5.41) is 4.17. The van der Waals surface area contributed by atoms with Gasteiger partial charge in [0.2, 0.25) is 0 Å². The first-order chi connectivity index (χ1) is 13.0. The van der Waals surface area contributed by atoms with Gasteiger partial charge in [-0.05, 0) is 35.2 Å². The number of rotatable bonds is 5. The van der Waals surface area contributed by atoms with Crippen LogP contribution in [0.25, 0.3) is 10.8 Å². The number of fused-ring (bicyclic) bond motifs is 1. The van der Waals surface area contributed by atoms with Gasteiger partial charge in [0, 0.05) is 17.0 Å². The SMILES string of the molecule is COC(=O)c1cc(CNCC(=O)OC(=O)C(F)(F)F)c2c(Cl)cc(Cl)cc2c1. The minimum atomic E-state index is -5.27. The Kier molecular flexibility index (Phi) is 6.87. The summed E-state index contributed by atoms with van der Waals surface area (Å²) in [4.78, 5) is 33.8. The molecule has 0 spiro atoms. The maximum absolute atomic E-state index is 12.1. The number of nitrogens with one attached hydrogen (secondary N) is 1. The van der Waals surface area contributed by atoms with Gasteiger partial charge in [-0.3, -0.25) is 4.79 Å². The lowest BCUT2D eigenvalue weighted by Crippen LogP contribution is -2.32. The second-order valence-corrected chi connectivity index (χ2v) is 6.32. The van der Waals surface area contributed by atoms with Gasteiger partial charge < -0.3 is 14.8 Å². The summed E-state index contributed by atoms with van der Waals surface area (Å²) < 4.78 is 44.6. The van der Waals surface area contributed by atoms with Crippen LogP contribution in [0.15, 0.2) is 24.3 Å². The van der Waals surface area contributed by atoms with Crippen molar-refractivity contribution < 1.29 is 37.0 Å². The molecule has 0 saturated carbocycles. The molecule has 0 radical (unpaired) electrons. The number of carbonyl (C=O) groups is 3. The second kappa shape index (κ2) is 8.76. The number of benzene rings is 2. The van der Waals surface area contributed by atoms with Gasteiger partial charge in [-0.2, -0.15) is 13.2 Å². The fourth-order valence-corrected chi connectivity index (χ4v) is 3.02. The molecular weight excluding hydrogens is 426 g/mol. The standard InChI is InChI=1S/C17H12Cl2F3NO5/c1-27-15(25)9-2-8-4-11(18)5-12(19)14(8)10(3-9)6-23-7-13(24)28-16(26)17(20,21)22/h2-5,23H,6-7H2,1H3. The molecule has 6 nitrogen and oxygen atoms in total. The summed E-state index contributed by atoms with van der Waals surface area (Å²) in [5.74, 6) is -4.64. The molecule has 0 saturated heterocycles. The van der Waals surface area contributed by atoms with Crippen LogP contribution >= 0.6 is 23.2 Å². The second-order valence-electron chi connectivity index (χ2n) is 5.48. The maximum atomic E-state index is 12.1. The molecule has 0 aliphatic rings. The molecule has 0 aliphatic carbocycles. The van der Waals surface area contributed by atoms with E-state index in [2.05, 4.69) is 14.8 Å². The summed E-state index contributed by atoms with van der Waals surface area (Å²) in [6.07, 6.45) is -5.27. The van der Waals surface area contributed by atoms with Crippen molar-refractivity contribution in [1.82, 2.24) is 5.32 Å². The molecular formula is C17H12Cl2F3NO5. The zero-order chi connectivity index (χ0) is 21.1. The van der Waals surface area contributed by atoms with Crippen molar-refractivity contribution in [3.05, 3.63) is 45.4 Å². The maximum Gasteiger partial charge on any atom is 0.491 e. The van der Waals surface area contributed by atoms with E-state index in [1.54, 1.807) is 6.07 Å². The highest BCUT2D eigenvalue weighted by atomic mass is 35.5. The summed E-state index contributed by atoms with van der Waals surface area (Å²) in [7, 11) is 1.20. The Hall–Kier alpha value is -2.36. The molecule has 28 heavy (non-hydrogen) atoms. The van der Waals surface area contributed by atoms with Crippen LogP contribution in [0.2, 0.25) is 10.0 Å². The van der Waals surface area contributed by atoms with Crippen LogP contribution in [0.1, 0.15) is 15.9 Å². The number of ether oxygens (including phenoxy) is 2. The number of alkyl halides is 3. The number of carbonyl (C=O) groups excluding carboxylic acids is 3. The first-order valence-electron chi connectivity index (χ1n) is 7.55. The molecule has 2 aromatic rings. The number of methoxy groups -OCH3 is 1. The van der Waals surface area contributed by atoms with Gasteiger partial charge in [-0.15, -0.1) is 0 Å². The van der Waals surface area contributed by atoms with Gasteiger partial charge in [-0.1, -0.05) is 23.2 Å². The zero-order valence-electron chi connectivity index (χ0n) is 14.2. The van der Waals surface area contributed by atoms with E-state index in [4.69, 9.17) is 23.2 Å². The minimum Gasteiger partial charge on any atom is -0.465 e. The molecule has 1 N–H and O–H groups in total. The van der Waals surface area contributed by atoms with Gasteiger partial charge in [0.25, 0.3) is 0 Å². The van der Waals surface area contributed by atoms with E-state index in [9.17, 15) is 27.6 Å². The van der Waals surface area contributed by atoms with E-state index in [-0.39, 0.29) is 17.1 Å². The number of hydrogen-bond donors (Lipinski definition) is 1. The summed E-state index contributed by atoms with van der Waals surface area (Å²) in [5.41, 5.74) is 0.634. The fourth-order valence-electron chi connectivity index (χ4n) is 2.39. The Morgan fingerprint density at radius 1 is 1.11 bits per heavy atom.